The Morgan fingerprint density at radius 2 is 2.22 bits per heavy atom. The van der Waals surface area contributed by atoms with Gasteiger partial charge in [0, 0.05) is 11.7 Å². The molecule has 0 amide bonds. The zero-order valence-electron chi connectivity index (χ0n) is 10.9. The Bertz CT molecular complexity index is 460. The molecule has 1 aliphatic carbocycles. The molecule has 96 valence electrons. The van der Waals surface area contributed by atoms with E-state index in [1.165, 1.54) is 30.5 Å². The summed E-state index contributed by atoms with van der Waals surface area (Å²) in [6.07, 6.45) is 5.09. The van der Waals surface area contributed by atoms with Gasteiger partial charge in [0.1, 0.15) is 5.82 Å². The monoisotopic (exact) mass is 245 g/mol. The summed E-state index contributed by atoms with van der Waals surface area (Å²) in [6.45, 7) is 9.91. The molecule has 1 fully saturated rings. The molecule has 0 saturated heterocycles. The second-order valence-corrected chi connectivity index (χ2v) is 4.95. The topological polar surface area (TPSA) is 12.0 Å². The van der Waals surface area contributed by atoms with Gasteiger partial charge in [-0.05, 0) is 48.9 Å². The molecule has 1 N–H and O–H groups in total. The van der Waals surface area contributed by atoms with Gasteiger partial charge in [0.2, 0.25) is 0 Å². The van der Waals surface area contributed by atoms with Crippen molar-refractivity contribution >= 4 is 11.8 Å². The molecule has 1 saturated carbocycles. The van der Waals surface area contributed by atoms with E-state index in [9.17, 15) is 4.39 Å². The maximum absolute atomic E-state index is 13.5. The third-order valence-corrected chi connectivity index (χ3v) is 3.47. The van der Waals surface area contributed by atoms with Crippen LogP contribution < -0.4 is 5.32 Å². The third-order valence-electron chi connectivity index (χ3n) is 3.47. The molecule has 18 heavy (non-hydrogen) atoms. The number of hydrogen-bond donors (Lipinski definition) is 1. The normalized spacial score (nSPS) is 16.1. The number of hydrogen-bond acceptors (Lipinski definition) is 1. The van der Waals surface area contributed by atoms with Crippen LogP contribution in [0.5, 0.6) is 0 Å². The highest BCUT2D eigenvalue weighted by atomic mass is 19.1. The van der Waals surface area contributed by atoms with Crippen molar-refractivity contribution in [2.45, 2.75) is 32.2 Å². The predicted octanol–water partition coefficient (Wildman–Crippen LogP) is 4.63. The van der Waals surface area contributed by atoms with Gasteiger partial charge >= 0.3 is 0 Å². The predicted molar refractivity (Wildman–Crippen MR) is 76.1 cm³/mol. The SMILES string of the molecule is C=Cc1cc(F)cc(NC(C(=C)CC)C2CC2)c1. The minimum absolute atomic E-state index is 0.230. The summed E-state index contributed by atoms with van der Waals surface area (Å²) in [6, 6.07) is 5.22. The summed E-state index contributed by atoms with van der Waals surface area (Å²) in [4.78, 5) is 0. The van der Waals surface area contributed by atoms with Gasteiger partial charge in [-0.3, -0.25) is 0 Å². The van der Waals surface area contributed by atoms with E-state index in [0.717, 1.165) is 17.7 Å². The van der Waals surface area contributed by atoms with Crippen LogP contribution in [0.4, 0.5) is 10.1 Å². The summed E-state index contributed by atoms with van der Waals surface area (Å²) >= 11 is 0. The Labute approximate surface area is 108 Å². The van der Waals surface area contributed by atoms with Crippen LogP contribution in [0.15, 0.2) is 36.9 Å². The van der Waals surface area contributed by atoms with Crippen LogP contribution in [0.25, 0.3) is 6.08 Å². The van der Waals surface area contributed by atoms with Crippen molar-refractivity contribution in [1.29, 1.82) is 0 Å². The zero-order valence-corrected chi connectivity index (χ0v) is 10.9. The van der Waals surface area contributed by atoms with Crippen molar-refractivity contribution in [1.82, 2.24) is 0 Å². The van der Waals surface area contributed by atoms with Gasteiger partial charge < -0.3 is 5.32 Å². The molecule has 0 aliphatic heterocycles. The maximum Gasteiger partial charge on any atom is 0.125 e. The van der Waals surface area contributed by atoms with E-state index in [-0.39, 0.29) is 11.9 Å². The van der Waals surface area contributed by atoms with Crippen LogP contribution in [0, 0.1) is 11.7 Å². The number of nitrogens with one attached hydrogen (secondary N) is 1. The Kier molecular flexibility index (Phi) is 3.85. The van der Waals surface area contributed by atoms with Crippen molar-refractivity contribution in [3.8, 4) is 0 Å². The highest BCUT2D eigenvalue weighted by molar-refractivity contribution is 5.57. The number of rotatable bonds is 6. The number of halogens is 1. The van der Waals surface area contributed by atoms with Crippen LogP contribution in [0.3, 0.4) is 0 Å². The molecule has 0 spiro atoms. The summed E-state index contributed by atoms with van der Waals surface area (Å²) in [7, 11) is 0. The van der Waals surface area contributed by atoms with Gasteiger partial charge in [0.05, 0.1) is 0 Å². The van der Waals surface area contributed by atoms with E-state index >= 15 is 0 Å². The minimum atomic E-state index is -0.230. The van der Waals surface area contributed by atoms with Gasteiger partial charge in [-0.1, -0.05) is 31.7 Å². The Balaban J connectivity index is 2.17. The molecular formula is C16H20FN. The third kappa shape index (κ3) is 3.00. The molecule has 2 rings (SSSR count). The Hall–Kier alpha value is -1.57. The molecule has 1 atom stereocenters. The van der Waals surface area contributed by atoms with Crippen LogP contribution >= 0.6 is 0 Å². The lowest BCUT2D eigenvalue weighted by Crippen LogP contribution is -2.23. The van der Waals surface area contributed by atoms with Crippen molar-refractivity contribution in [2.24, 2.45) is 5.92 Å². The lowest BCUT2D eigenvalue weighted by atomic mass is 10.0. The van der Waals surface area contributed by atoms with Gasteiger partial charge in [-0.25, -0.2) is 4.39 Å². The van der Waals surface area contributed by atoms with Gasteiger partial charge in [-0.15, -0.1) is 0 Å². The number of anilines is 1. The van der Waals surface area contributed by atoms with Crippen LogP contribution in [-0.2, 0) is 0 Å². The van der Waals surface area contributed by atoms with Crippen molar-refractivity contribution in [3.05, 3.63) is 48.3 Å². The molecule has 1 aromatic rings. The van der Waals surface area contributed by atoms with Gasteiger partial charge in [-0.2, -0.15) is 0 Å². The summed E-state index contributed by atoms with van der Waals surface area (Å²) in [5.74, 6) is 0.430. The van der Waals surface area contributed by atoms with E-state index in [1.54, 1.807) is 6.08 Å². The second kappa shape index (κ2) is 5.38. The van der Waals surface area contributed by atoms with E-state index in [4.69, 9.17) is 0 Å². The highest BCUT2D eigenvalue weighted by Crippen LogP contribution is 2.37. The van der Waals surface area contributed by atoms with Crippen LogP contribution in [0.1, 0.15) is 31.7 Å². The molecule has 1 aliphatic rings. The fraction of sp³-hybridized carbons (Fsp3) is 0.375. The first-order valence-electron chi connectivity index (χ1n) is 6.51. The molecule has 0 heterocycles. The largest absolute Gasteiger partial charge is 0.378 e. The van der Waals surface area contributed by atoms with E-state index < -0.39 is 0 Å². The van der Waals surface area contributed by atoms with Crippen molar-refractivity contribution < 1.29 is 4.39 Å². The molecule has 1 unspecified atom stereocenters. The lowest BCUT2D eigenvalue weighted by Gasteiger charge is -2.21. The van der Waals surface area contributed by atoms with E-state index in [1.807, 2.05) is 6.07 Å². The quantitative estimate of drug-likeness (QED) is 0.721. The molecule has 0 aromatic heterocycles. The van der Waals surface area contributed by atoms with Crippen molar-refractivity contribution in [3.63, 3.8) is 0 Å². The standard InChI is InChI=1S/C16H20FN/c1-4-11(3)16(13-6-7-13)18-15-9-12(5-2)8-14(17)10-15/h5,8-10,13,16,18H,2-4,6-7H2,1H3. The van der Waals surface area contributed by atoms with Crippen LogP contribution in [0.2, 0.25) is 0 Å². The summed E-state index contributed by atoms with van der Waals surface area (Å²) in [5, 5.41) is 3.42. The minimum Gasteiger partial charge on any atom is -0.378 e. The fourth-order valence-corrected chi connectivity index (χ4v) is 2.20. The smallest absolute Gasteiger partial charge is 0.125 e. The molecule has 0 bridgehead atoms. The van der Waals surface area contributed by atoms with Gasteiger partial charge in [0.15, 0.2) is 0 Å². The molecule has 1 aromatic carbocycles. The average molecular weight is 245 g/mol. The van der Waals surface area contributed by atoms with Crippen LogP contribution in [-0.4, -0.2) is 6.04 Å². The maximum atomic E-state index is 13.5. The van der Waals surface area contributed by atoms with Gasteiger partial charge in [0.25, 0.3) is 0 Å². The average Bonchev–Trinajstić information content (AvgIpc) is 3.18. The Morgan fingerprint density at radius 3 is 2.78 bits per heavy atom. The second-order valence-electron chi connectivity index (χ2n) is 4.95. The van der Waals surface area contributed by atoms with Crippen molar-refractivity contribution in [2.75, 3.05) is 5.32 Å². The first-order valence-corrected chi connectivity index (χ1v) is 6.51. The first-order chi connectivity index (χ1) is 8.63. The molecule has 1 nitrogen and oxygen atoms in total. The van der Waals surface area contributed by atoms with E-state index in [0.29, 0.717) is 5.92 Å². The molecule has 0 radical (unpaired) electrons. The Morgan fingerprint density at radius 1 is 1.50 bits per heavy atom. The number of benzene rings is 1. The molecule has 2 heteroatoms. The van der Waals surface area contributed by atoms with E-state index in [2.05, 4.69) is 25.4 Å². The summed E-state index contributed by atoms with van der Waals surface area (Å²) in [5.41, 5.74) is 2.81. The highest BCUT2D eigenvalue weighted by Gasteiger charge is 2.32. The lowest BCUT2D eigenvalue weighted by molar-refractivity contribution is 0.626. The first kappa shape index (κ1) is 12.9. The zero-order chi connectivity index (χ0) is 13.1. The summed E-state index contributed by atoms with van der Waals surface area (Å²) < 4.78 is 13.5. The molecular weight excluding hydrogens is 225 g/mol. The fourth-order valence-electron chi connectivity index (χ4n) is 2.20.